The van der Waals surface area contributed by atoms with Crippen molar-refractivity contribution in [2.75, 3.05) is 5.32 Å². The molecular weight excluding hydrogens is 658 g/mol. The molecule has 0 radical (unpaired) electrons. The number of carbonyl (C=O) groups excluding carboxylic acids is 2. The Balaban J connectivity index is 1.48. The Bertz CT molecular complexity index is 1200. The zero-order valence-electron chi connectivity index (χ0n) is 17.9. The number of anilines is 1. The van der Waals surface area contributed by atoms with Crippen molar-refractivity contribution in [3.63, 3.8) is 0 Å². The van der Waals surface area contributed by atoms with Crippen LogP contribution >= 0.6 is 45.2 Å². The van der Waals surface area contributed by atoms with Crippen LogP contribution in [0.1, 0.15) is 29.5 Å². The van der Waals surface area contributed by atoms with Gasteiger partial charge in [0.1, 0.15) is 12.4 Å². The molecule has 2 amide bonds. The number of hydrogen-bond donors (Lipinski definition) is 2. The summed E-state index contributed by atoms with van der Waals surface area (Å²) in [5, 5.41) is 15.6. The van der Waals surface area contributed by atoms with Crippen LogP contribution in [0.15, 0.2) is 71.8 Å². The van der Waals surface area contributed by atoms with Crippen molar-refractivity contribution in [2.24, 2.45) is 5.10 Å². The summed E-state index contributed by atoms with van der Waals surface area (Å²) in [7, 11) is 0. The smallest absolute Gasteiger partial charge is 0.240 e. The molecule has 0 saturated carbocycles. The van der Waals surface area contributed by atoms with Crippen molar-refractivity contribution >= 4 is 68.9 Å². The Labute approximate surface area is 224 Å². The summed E-state index contributed by atoms with van der Waals surface area (Å²) in [5.74, 6) is 0.188. The lowest BCUT2D eigenvalue weighted by atomic mass is 10.1. The molecule has 0 aliphatic heterocycles. The predicted molar refractivity (Wildman–Crippen MR) is 147 cm³/mol. The molecule has 9 heteroatoms. The molecule has 0 aromatic heterocycles. The van der Waals surface area contributed by atoms with Crippen LogP contribution in [0.4, 0.5) is 5.69 Å². The number of amides is 2. The first kappa shape index (κ1) is 25.6. The number of ether oxygens (including phenoxy) is 1. The number of benzene rings is 3. The van der Waals surface area contributed by atoms with Crippen molar-refractivity contribution in [1.82, 2.24) is 5.43 Å². The van der Waals surface area contributed by atoms with Gasteiger partial charge in [0.2, 0.25) is 11.8 Å². The van der Waals surface area contributed by atoms with Gasteiger partial charge in [-0.05, 0) is 92.7 Å². The van der Waals surface area contributed by atoms with Gasteiger partial charge in [0.05, 0.1) is 25.0 Å². The molecule has 172 valence electrons. The van der Waals surface area contributed by atoms with Crippen LogP contribution in [0.25, 0.3) is 0 Å². The van der Waals surface area contributed by atoms with Gasteiger partial charge >= 0.3 is 0 Å². The quantitative estimate of drug-likeness (QED) is 0.184. The summed E-state index contributed by atoms with van der Waals surface area (Å²) in [6.07, 6.45) is 1.65. The lowest BCUT2D eigenvalue weighted by Gasteiger charge is -2.11. The van der Waals surface area contributed by atoms with E-state index in [2.05, 4.69) is 67.1 Å². The second-order valence-electron chi connectivity index (χ2n) is 7.12. The first-order valence-corrected chi connectivity index (χ1v) is 12.4. The maximum atomic E-state index is 12.0. The van der Waals surface area contributed by atoms with Crippen molar-refractivity contribution in [3.05, 3.63) is 90.6 Å². The van der Waals surface area contributed by atoms with Crippen LogP contribution < -0.4 is 15.5 Å². The summed E-state index contributed by atoms with van der Waals surface area (Å²) in [6.45, 7) is 0.388. The fourth-order valence-electron chi connectivity index (χ4n) is 2.83. The van der Waals surface area contributed by atoms with E-state index in [1.54, 1.807) is 30.5 Å². The second kappa shape index (κ2) is 13.0. The third kappa shape index (κ3) is 8.11. The average molecular weight is 678 g/mol. The van der Waals surface area contributed by atoms with E-state index >= 15 is 0 Å². The van der Waals surface area contributed by atoms with E-state index in [9.17, 15) is 9.59 Å². The van der Waals surface area contributed by atoms with Gasteiger partial charge in [0.25, 0.3) is 0 Å². The first-order valence-electron chi connectivity index (χ1n) is 10.2. The Morgan fingerprint density at radius 2 is 1.62 bits per heavy atom. The lowest BCUT2D eigenvalue weighted by Crippen LogP contribution is -2.20. The summed E-state index contributed by atoms with van der Waals surface area (Å²) >= 11 is 4.39. The van der Waals surface area contributed by atoms with Crippen LogP contribution in [-0.2, 0) is 16.2 Å². The van der Waals surface area contributed by atoms with E-state index in [-0.39, 0.29) is 24.7 Å². The summed E-state index contributed by atoms with van der Waals surface area (Å²) in [6, 6.07) is 22.3. The van der Waals surface area contributed by atoms with Gasteiger partial charge in [0, 0.05) is 18.5 Å². The van der Waals surface area contributed by atoms with Gasteiger partial charge in [-0.2, -0.15) is 10.4 Å². The van der Waals surface area contributed by atoms with Crippen molar-refractivity contribution in [3.8, 4) is 11.8 Å². The minimum atomic E-state index is -0.341. The van der Waals surface area contributed by atoms with Gasteiger partial charge in [-0.25, -0.2) is 5.43 Å². The van der Waals surface area contributed by atoms with Crippen LogP contribution in [0.2, 0.25) is 0 Å². The normalized spacial score (nSPS) is 10.5. The molecule has 0 bridgehead atoms. The minimum absolute atomic E-state index is 0.0349. The SMILES string of the molecule is N#Cc1ccc(COc2c(I)cc(C=NNC(=O)CCC(=O)Nc3ccccc3)cc2I)cc1. The summed E-state index contributed by atoms with van der Waals surface area (Å²) in [5.41, 5.74) is 5.53. The first-order chi connectivity index (χ1) is 16.4. The highest BCUT2D eigenvalue weighted by Crippen LogP contribution is 2.29. The molecule has 0 heterocycles. The average Bonchev–Trinajstić information content (AvgIpc) is 2.83. The number of carbonyl (C=O) groups is 2. The molecule has 3 rings (SSSR count). The Morgan fingerprint density at radius 1 is 0.971 bits per heavy atom. The molecule has 34 heavy (non-hydrogen) atoms. The van der Waals surface area contributed by atoms with E-state index in [1.165, 1.54) is 0 Å². The number of nitrogens with zero attached hydrogens (tertiary/aromatic N) is 2. The number of rotatable bonds is 9. The van der Waals surface area contributed by atoms with Crippen LogP contribution in [0.3, 0.4) is 0 Å². The van der Waals surface area contributed by atoms with Crippen LogP contribution in [0.5, 0.6) is 5.75 Å². The molecule has 0 unspecified atom stereocenters. The van der Waals surface area contributed by atoms with Gasteiger partial charge < -0.3 is 10.1 Å². The van der Waals surface area contributed by atoms with Gasteiger partial charge in [0.15, 0.2) is 0 Å². The molecule has 3 aromatic carbocycles. The second-order valence-corrected chi connectivity index (χ2v) is 9.44. The maximum absolute atomic E-state index is 12.0. The molecule has 0 atom stereocenters. The number of hydrazone groups is 1. The van der Waals surface area contributed by atoms with E-state index < -0.39 is 0 Å². The number of hydrogen-bond acceptors (Lipinski definition) is 5. The molecule has 2 N–H and O–H groups in total. The molecule has 7 nitrogen and oxygen atoms in total. The zero-order valence-corrected chi connectivity index (χ0v) is 22.2. The maximum Gasteiger partial charge on any atom is 0.240 e. The van der Waals surface area contributed by atoms with Gasteiger partial charge in [-0.3, -0.25) is 9.59 Å². The standard InChI is InChI=1S/C25H20I2N4O3/c26-21-12-19(13-22(27)25(21)34-16-18-8-6-17(14-28)7-9-18)15-29-31-24(33)11-10-23(32)30-20-4-2-1-3-5-20/h1-9,12-13,15H,10-11,16H2,(H,30,32)(H,31,33). The number of halogens is 2. The monoisotopic (exact) mass is 678 g/mol. The Morgan fingerprint density at radius 3 is 2.26 bits per heavy atom. The van der Waals surface area contributed by atoms with E-state index in [0.717, 1.165) is 24.0 Å². The Hall–Kier alpha value is -2.98. The Kier molecular flexibility index (Phi) is 9.84. The highest BCUT2D eigenvalue weighted by molar-refractivity contribution is 14.1. The number of nitriles is 1. The predicted octanol–water partition coefficient (Wildman–Crippen LogP) is 5.22. The molecule has 3 aromatic rings. The van der Waals surface area contributed by atoms with Crippen molar-refractivity contribution < 1.29 is 14.3 Å². The molecule has 0 spiro atoms. The number of nitrogens with one attached hydrogen (secondary N) is 2. The summed E-state index contributed by atoms with van der Waals surface area (Å²) in [4.78, 5) is 23.9. The molecule has 0 saturated heterocycles. The fourth-order valence-corrected chi connectivity index (χ4v) is 4.96. The van der Waals surface area contributed by atoms with E-state index in [1.807, 2.05) is 42.5 Å². The highest BCUT2D eigenvalue weighted by Gasteiger charge is 2.10. The lowest BCUT2D eigenvalue weighted by molar-refractivity contribution is -0.124. The van der Waals surface area contributed by atoms with Gasteiger partial charge in [-0.15, -0.1) is 0 Å². The third-order valence-electron chi connectivity index (χ3n) is 4.53. The van der Waals surface area contributed by atoms with Crippen molar-refractivity contribution in [2.45, 2.75) is 19.4 Å². The van der Waals surface area contributed by atoms with Crippen LogP contribution in [-0.4, -0.2) is 18.0 Å². The molecular formula is C25H20I2N4O3. The fraction of sp³-hybridized carbons (Fsp3) is 0.120. The van der Waals surface area contributed by atoms with E-state index in [4.69, 9.17) is 10.00 Å². The van der Waals surface area contributed by atoms with Gasteiger partial charge in [-0.1, -0.05) is 30.3 Å². The summed E-state index contributed by atoms with van der Waals surface area (Å²) < 4.78 is 7.78. The molecule has 0 aliphatic rings. The van der Waals surface area contributed by atoms with E-state index in [0.29, 0.717) is 17.9 Å². The topological polar surface area (TPSA) is 104 Å². The molecule has 0 aliphatic carbocycles. The third-order valence-corrected chi connectivity index (χ3v) is 6.13. The molecule has 0 fully saturated rings. The number of para-hydroxylation sites is 1. The largest absolute Gasteiger partial charge is 0.487 e. The minimum Gasteiger partial charge on any atom is -0.487 e. The zero-order chi connectivity index (χ0) is 24.3. The van der Waals surface area contributed by atoms with Crippen LogP contribution in [0, 0.1) is 18.5 Å². The highest BCUT2D eigenvalue weighted by atomic mass is 127. The van der Waals surface area contributed by atoms with Crippen molar-refractivity contribution in [1.29, 1.82) is 5.26 Å².